The summed E-state index contributed by atoms with van der Waals surface area (Å²) in [6.07, 6.45) is 0.632. The van der Waals surface area contributed by atoms with Gasteiger partial charge in [-0.2, -0.15) is 0 Å². The zero-order chi connectivity index (χ0) is 15.4. The van der Waals surface area contributed by atoms with Gasteiger partial charge in [-0.15, -0.1) is 0 Å². The number of halogens is 1. The van der Waals surface area contributed by atoms with Crippen molar-refractivity contribution >= 4 is 29.2 Å². The largest absolute Gasteiger partial charge is 0.423 e. The number of hydrogen-bond acceptors (Lipinski definition) is 5. The number of rotatable bonds is 5. The Kier molecular flexibility index (Phi) is 5.03. The molecule has 7 heteroatoms. The number of esters is 1. The van der Waals surface area contributed by atoms with Gasteiger partial charge in [-0.05, 0) is 24.6 Å². The Morgan fingerprint density at radius 1 is 1.57 bits per heavy atom. The number of nitrogens with zero attached hydrogens (tertiary/aromatic N) is 1. The van der Waals surface area contributed by atoms with Crippen molar-refractivity contribution < 1.29 is 19.4 Å². The summed E-state index contributed by atoms with van der Waals surface area (Å²) in [4.78, 5) is 25.2. The quantitative estimate of drug-likeness (QED) is 0.625. The van der Waals surface area contributed by atoms with Crippen molar-refractivity contribution in [3.63, 3.8) is 0 Å². The number of carbonyl (C=O) groups excluding carboxylic acids is 2. The van der Waals surface area contributed by atoms with Crippen molar-refractivity contribution in [1.29, 1.82) is 0 Å². The monoisotopic (exact) mass is 312 g/mol. The fraction of sp³-hybridized carbons (Fsp3) is 0.429. The minimum absolute atomic E-state index is 0.00105. The Labute approximate surface area is 127 Å². The van der Waals surface area contributed by atoms with E-state index in [-0.39, 0.29) is 31.6 Å². The highest BCUT2D eigenvalue weighted by molar-refractivity contribution is 6.31. The van der Waals surface area contributed by atoms with E-state index in [0.29, 0.717) is 22.9 Å². The molecule has 0 fully saturated rings. The van der Waals surface area contributed by atoms with Crippen molar-refractivity contribution in [2.45, 2.75) is 19.4 Å². The normalized spacial score (nSPS) is 15.2. The molecule has 1 heterocycles. The van der Waals surface area contributed by atoms with Crippen LogP contribution in [-0.2, 0) is 9.59 Å². The first-order chi connectivity index (χ1) is 10.0. The molecule has 1 aromatic carbocycles. The summed E-state index contributed by atoms with van der Waals surface area (Å²) in [6, 6.07) is 4.59. The molecule has 6 nitrogen and oxygen atoms in total. The van der Waals surface area contributed by atoms with E-state index in [1.807, 2.05) is 6.92 Å². The minimum atomic E-state index is -0.424. The predicted octanol–water partition coefficient (Wildman–Crippen LogP) is 0.953. The van der Waals surface area contributed by atoms with Crippen LogP contribution in [-0.4, -0.2) is 42.7 Å². The van der Waals surface area contributed by atoms with E-state index in [4.69, 9.17) is 21.4 Å². The van der Waals surface area contributed by atoms with Crippen LogP contribution in [0.5, 0.6) is 5.75 Å². The van der Waals surface area contributed by atoms with Crippen LogP contribution >= 0.6 is 11.6 Å². The molecule has 1 unspecified atom stereocenters. The van der Waals surface area contributed by atoms with Gasteiger partial charge in [0, 0.05) is 5.02 Å². The second kappa shape index (κ2) is 6.78. The molecule has 2 N–H and O–H groups in total. The lowest BCUT2D eigenvalue weighted by Crippen LogP contribution is -2.46. The molecule has 0 saturated carbocycles. The second-order valence-corrected chi connectivity index (χ2v) is 5.23. The van der Waals surface area contributed by atoms with Crippen LogP contribution in [0.15, 0.2) is 18.2 Å². The molecule has 2 rings (SSSR count). The van der Waals surface area contributed by atoms with Crippen molar-refractivity contribution in [1.82, 2.24) is 5.32 Å². The third-order valence-corrected chi connectivity index (χ3v) is 3.45. The molecule has 1 amide bonds. The molecule has 0 spiro atoms. The lowest BCUT2D eigenvalue weighted by atomic mass is 10.2. The van der Waals surface area contributed by atoms with Crippen LogP contribution in [0.25, 0.3) is 0 Å². The van der Waals surface area contributed by atoms with E-state index in [9.17, 15) is 9.59 Å². The Morgan fingerprint density at radius 2 is 2.33 bits per heavy atom. The van der Waals surface area contributed by atoms with Crippen molar-refractivity contribution in [3.8, 4) is 5.75 Å². The standard InChI is InChI=1S/C14H17ClN2O4/c1-2-10(8-18)16-13(19)6-17-7-14(20)21-12-4-3-9(15)5-11(12)17/h3-5,10,18H,2,6-8H2,1H3,(H,16,19). The SMILES string of the molecule is CCC(CO)NC(=O)CN1CC(=O)Oc2ccc(Cl)cc21. The molecule has 0 saturated heterocycles. The van der Waals surface area contributed by atoms with Gasteiger partial charge in [0.05, 0.1) is 24.9 Å². The van der Waals surface area contributed by atoms with E-state index in [2.05, 4.69) is 5.32 Å². The topological polar surface area (TPSA) is 78.9 Å². The van der Waals surface area contributed by atoms with Gasteiger partial charge < -0.3 is 20.1 Å². The van der Waals surface area contributed by atoms with E-state index in [1.165, 1.54) is 0 Å². The van der Waals surface area contributed by atoms with Crippen molar-refractivity contribution in [2.75, 3.05) is 24.6 Å². The van der Waals surface area contributed by atoms with Gasteiger partial charge in [-0.25, -0.2) is 4.79 Å². The number of fused-ring (bicyclic) bond motifs is 1. The highest BCUT2D eigenvalue weighted by atomic mass is 35.5. The first-order valence-corrected chi connectivity index (χ1v) is 7.06. The molecule has 21 heavy (non-hydrogen) atoms. The number of aliphatic hydroxyl groups excluding tert-OH is 1. The van der Waals surface area contributed by atoms with Gasteiger partial charge in [0.1, 0.15) is 6.54 Å². The number of nitrogens with one attached hydrogen (secondary N) is 1. The van der Waals surface area contributed by atoms with Crippen molar-refractivity contribution in [2.24, 2.45) is 0 Å². The molecule has 1 aromatic rings. The van der Waals surface area contributed by atoms with Gasteiger partial charge >= 0.3 is 5.97 Å². The zero-order valence-corrected chi connectivity index (χ0v) is 12.4. The van der Waals surface area contributed by atoms with Crippen LogP contribution in [0.4, 0.5) is 5.69 Å². The molecule has 1 aliphatic rings. The number of carbonyl (C=O) groups is 2. The molecule has 0 aliphatic carbocycles. The van der Waals surface area contributed by atoms with E-state index < -0.39 is 5.97 Å². The number of anilines is 1. The molecular formula is C14H17ClN2O4. The number of amides is 1. The second-order valence-electron chi connectivity index (χ2n) is 4.80. The predicted molar refractivity (Wildman–Crippen MR) is 78.6 cm³/mol. The first kappa shape index (κ1) is 15.6. The Bertz CT molecular complexity index is 546. The number of ether oxygens (including phenoxy) is 1. The average Bonchev–Trinajstić information content (AvgIpc) is 2.45. The molecule has 114 valence electrons. The summed E-state index contributed by atoms with van der Waals surface area (Å²) in [5.74, 6) is -0.305. The van der Waals surface area contributed by atoms with Crippen LogP contribution in [0.1, 0.15) is 13.3 Å². The number of hydrogen-bond donors (Lipinski definition) is 2. The summed E-state index contributed by atoms with van der Waals surface area (Å²) >= 11 is 5.94. The fourth-order valence-electron chi connectivity index (χ4n) is 2.08. The Balaban J connectivity index is 2.12. The zero-order valence-electron chi connectivity index (χ0n) is 11.6. The minimum Gasteiger partial charge on any atom is -0.423 e. The highest BCUT2D eigenvalue weighted by Gasteiger charge is 2.26. The summed E-state index contributed by atoms with van der Waals surface area (Å²) in [5, 5.41) is 12.3. The Morgan fingerprint density at radius 3 is 3.00 bits per heavy atom. The lowest BCUT2D eigenvalue weighted by molar-refractivity contribution is -0.133. The maximum absolute atomic E-state index is 12.0. The Hall–Kier alpha value is -1.79. The maximum Gasteiger partial charge on any atom is 0.331 e. The summed E-state index contributed by atoms with van der Waals surface area (Å²) in [6.45, 7) is 1.73. The van der Waals surface area contributed by atoms with Crippen LogP contribution in [0.3, 0.4) is 0 Å². The van der Waals surface area contributed by atoms with Crippen molar-refractivity contribution in [3.05, 3.63) is 23.2 Å². The summed E-state index contributed by atoms with van der Waals surface area (Å²) in [7, 11) is 0. The fourth-order valence-corrected chi connectivity index (χ4v) is 2.25. The summed E-state index contributed by atoms with van der Waals surface area (Å²) < 4.78 is 5.11. The van der Waals surface area contributed by atoms with Gasteiger partial charge in [-0.3, -0.25) is 4.79 Å². The molecule has 0 aromatic heterocycles. The smallest absolute Gasteiger partial charge is 0.331 e. The number of aliphatic hydroxyl groups is 1. The molecule has 1 aliphatic heterocycles. The van der Waals surface area contributed by atoms with Crippen LogP contribution in [0.2, 0.25) is 5.02 Å². The average molecular weight is 313 g/mol. The van der Waals surface area contributed by atoms with Crippen LogP contribution < -0.4 is 15.0 Å². The third kappa shape index (κ3) is 3.86. The molecule has 0 bridgehead atoms. The third-order valence-electron chi connectivity index (χ3n) is 3.22. The highest BCUT2D eigenvalue weighted by Crippen LogP contribution is 2.34. The molecule has 1 atom stereocenters. The van der Waals surface area contributed by atoms with Gasteiger partial charge in [-0.1, -0.05) is 18.5 Å². The van der Waals surface area contributed by atoms with E-state index >= 15 is 0 Å². The van der Waals surface area contributed by atoms with Gasteiger partial charge in [0.15, 0.2) is 5.75 Å². The van der Waals surface area contributed by atoms with Crippen LogP contribution in [0, 0.1) is 0 Å². The van der Waals surface area contributed by atoms with Gasteiger partial charge in [0.2, 0.25) is 5.91 Å². The summed E-state index contributed by atoms with van der Waals surface area (Å²) in [5.41, 5.74) is 0.606. The lowest BCUT2D eigenvalue weighted by Gasteiger charge is -2.29. The van der Waals surface area contributed by atoms with E-state index in [0.717, 1.165) is 0 Å². The maximum atomic E-state index is 12.0. The first-order valence-electron chi connectivity index (χ1n) is 6.69. The molecule has 0 radical (unpaired) electrons. The van der Waals surface area contributed by atoms with Gasteiger partial charge in [0.25, 0.3) is 0 Å². The molecular weight excluding hydrogens is 296 g/mol. The van der Waals surface area contributed by atoms with E-state index in [1.54, 1.807) is 23.1 Å². The number of benzene rings is 1.